The van der Waals surface area contributed by atoms with Gasteiger partial charge in [0.15, 0.2) is 0 Å². The molecule has 4 heteroatoms. The zero-order valence-corrected chi connectivity index (χ0v) is 6.89. The molecule has 0 saturated carbocycles. The van der Waals surface area contributed by atoms with E-state index in [2.05, 4.69) is 9.97 Å². The molecule has 10 heavy (non-hydrogen) atoms. The minimum Gasteiger partial charge on any atom is -0.238 e. The van der Waals surface area contributed by atoms with Crippen molar-refractivity contribution in [1.82, 2.24) is 9.97 Å². The number of aromatic nitrogens is 2. The summed E-state index contributed by atoms with van der Waals surface area (Å²) in [6, 6.07) is 0. The van der Waals surface area contributed by atoms with Crippen LogP contribution in [-0.2, 0) is 0 Å². The van der Waals surface area contributed by atoms with Gasteiger partial charge in [-0.1, -0.05) is 11.6 Å². The van der Waals surface area contributed by atoms with Crippen molar-refractivity contribution in [2.45, 2.75) is 12.3 Å². The van der Waals surface area contributed by atoms with Gasteiger partial charge in [0.25, 0.3) is 0 Å². The normalized spacial score (nSPS) is 13.1. The lowest BCUT2D eigenvalue weighted by Gasteiger charge is -1.98. The number of alkyl halides is 1. The van der Waals surface area contributed by atoms with E-state index in [1.807, 2.05) is 6.92 Å². The first-order valence-electron chi connectivity index (χ1n) is 2.81. The minimum absolute atomic E-state index is 0.155. The van der Waals surface area contributed by atoms with Crippen molar-refractivity contribution in [2.75, 3.05) is 0 Å². The monoisotopic (exact) mass is 176 g/mol. The molecule has 0 aromatic carbocycles. The Morgan fingerprint density at radius 1 is 1.40 bits per heavy atom. The Morgan fingerprint density at radius 3 is 2.30 bits per heavy atom. The summed E-state index contributed by atoms with van der Waals surface area (Å²) in [6.45, 7) is 1.81. The molecule has 1 rings (SSSR count). The molecule has 0 aliphatic rings. The predicted molar refractivity (Wildman–Crippen MR) is 41.3 cm³/mol. The molecule has 0 aliphatic carbocycles. The smallest absolute Gasteiger partial charge is 0.145 e. The van der Waals surface area contributed by atoms with E-state index in [-0.39, 0.29) is 5.38 Å². The molecule has 0 radical (unpaired) electrons. The van der Waals surface area contributed by atoms with Crippen molar-refractivity contribution in [1.29, 1.82) is 0 Å². The van der Waals surface area contributed by atoms with Gasteiger partial charge in [0.1, 0.15) is 5.82 Å². The van der Waals surface area contributed by atoms with E-state index >= 15 is 0 Å². The quantitative estimate of drug-likeness (QED) is 0.615. The Bertz CT molecular complexity index is 207. The molecule has 2 nitrogen and oxygen atoms in total. The third kappa shape index (κ3) is 1.82. The van der Waals surface area contributed by atoms with E-state index in [0.29, 0.717) is 10.8 Å². The average molecular weight is 177 g/mol. The van der Waals surface area contributed by atoms with E-state index < -0.39 is 0 Å². The van der Waals surface area contributed by atoms with E-state index in [1.165, 1.54) is 12.4 Å². The Hall–Kier alpha value is -0.340. The summed E-state index contributed by atoms with van der Waals surface area (Å²) in [4.78, 5) is 7.81. The predicted octanol–water partition coefficient (Wildman–Crippen LogP) is 2.43. The average Bonchev–Trinajstić information content (AvgIpc) is 1.88. The van der Waals surface area contributed by atoms with Crippen LogP contribution in [-0.4, -0.2) is 9.97 Å². The Balaban J connectivity index is 2.89. The number of hydrogen-bond donors (Lipinski definition) is 0. The molecular formula is C6H6Cl2N2. The summed E-state index contributed by atoms with van der Waals surface area (Å²) in [5.74, 6) is 0.603. The van der Waals surface area contributed by atoms with E-state index in [0.717, 1.165) is 0 Å². The summed E-state index contributed by atoms with van der Waals surface area (Å²) in [7, 11) is 0. The molecule has 0 fully saturated rings. The van der Waals surface area contributed by atoms with Crippen LogP contribution < -0.4 is 0 Å². The van der Waals surface area contributed by atoms with Gasteiger partial charge in [0.05, 0.1) is 10.4 Å². The Labute approximate surface area is 69.2 Å². The maximum Gasteiger partial charge on any atom is 0.145 e. The van der Waals surface area contributed by atoms with Crippen LogP contribution in [0.4, 0.5) is 0 Å². The molecule has 0 aliphatic heterocycles. The zero-order chi connectivity index (χ0) is 7.56. The van der Waals surface area contributed by atoms with Gasteiger partial charge in [0, 0.05) is 12.4 Å². The van der Waals surface area contributed by atoms with Gasteiger partial charge in [-0.15, -0.1) is 11.6 Å². The molecule has 0 amide bonds. The van der Waals surface area contributed by atoms with E-state index in [9.17, 15) is 0 Å². The first-order valence-corrected chi connectivity index (χ1v) is 3.63. The first kappa shape index (κ1) is 7.76. The maximum atomic E-state index is 5.69. The van der Waals surface area contributed by atoms with Crippen LogP contribution >= 0.6 is 23.2 Å². The second-order valence-electron chi connectivity index (χ2n) is 1.88. The Morgan fingerprint density at radius 2 is 1.90 bits per heavy atom. The molecule has 54 valence electrons. The molecule has 0 bridgehead atoms. The first-order chi connectivity index (χ1) is 4.70. The third-order valence-electron chi connectivity index (χ3n) is 0.996. The molecule has 0 spiro atoms. The molecule has 1 atom stereocenters. The summed E-state index contributed by atoms with van der Waals surface area (Å²) in [5.41, 5.74) is 0. The fraction of sp³-hybridized carbons (Fsp3) is 0.333. The van der Waals surface area contributed by atoms with Crippen LogP contribution in [0.1, 0.15) is 18.1 Å². The van der Waals surface area contributed by atoms with Crippen molar-refractivity contribution >= 4 is 23.2 Å². The number of rotatable bonds is 1. The van der Waals surface area contributed by atoms with E-state index in [4.69, 9.17) is 23.2 Å². The highest BCUT2D eigenvalue weighted by molar-refractivity contribution is 6.30. The number of nitrogens with zero attached hydrogens (tertiary/aromatic N) is 2. The lowest BCUT2D eigenvalue weighted by molar-refractivity contribution is 0.910. The molecule has 1 heterocycles. The van der Waals surface area contributed by atoms with Crippen molar-refractivity contribution in [3.8, 4) is 0 Å². The lowest BCUT2D eigenvalue weighted by Crippen LogP contribution is -1.92. The van der Waals surface area contributed by atoms with Crippen molar-refractivity contribution in [3.63, 3.8) is 0 Å². The molecule has 1 aromatic rings. The van der Waals surface area contributed by atoms with Crippen LogP contribution in [0.15, 0.2) is 12.4 Å². The standard InChI is InChI=1S/C6H6Cl2N2/c1-4(7)6-9-2-5(8)3-10-6/h2-4H,1H3. The number of hydrogen-bond acceptors (Lipinski definition) is 2. The van der Waals surface area contributed by atoms with E-state index in [1.54, 1.807) is 0 Å². The minimum atomic E-state index is -0.155. The van der Waals surface area contributed by atoms with Crippen molar-refractivity contribution < 1.29 is 0 Å². The van der Waals surface area contributed by atoms with Crippen molar-refractivity contribution in [3.05, 3.63) is 23.2 Å². The van der Waals surface area contributed by atoms with Gasteiger partial charge in [0.2, 0.25) is 0 Å². The second-order valence-corrected chi connectivity index (χ2v) is 2.97. The topological polar surface area (TPSA) is 25.8 Å². The van der Waals surface area contributed by atoms with Crippen LogP contribution in [0.2, 0.25) is 5.02 Å². The molecule has 1 unspecified atom stereocenters. The lowest BCUT2D eigenvalue weighted by atomic mass is 10.4. The summed E-state index contributed by atoms with van der Waals surface area (Å²) in [6.07, 6.45) is 3.06. The highest BCUT2D eigenvalue weighted by atomic mass is 35.5. The van der Waals surface area contributed by atoms with Crippen molar-refractivity contribution in [2.24, 2.45) is 0 Å². The molecular weight excluding hydrogens is 171 g/mol. The molecule has 1 aromatic heterocycles. The summed E-state index contributed by atoms with van der Waals surface area (Å²) < 4.78 is 0. The van der Waals surface area contributed by atoms with Crippen LogP contribution in [0, 0.1) is 0 Å². The maximum absolute atomic E-state index is 5.69. The Kier molecular flexibility index (Phi) is 2.46. The van der Waals surface area contributed by atoms with Crippen LogP contribution in [0.3, 0.4) is 0 Å². The highest BCUT2D eigenvalue weighted by Crippen LogP contribution is 2.14. The van der Waals surface area contributed by atoms with Gasteiger partial charge in [-0.05, 0) is 6.92 Å². The molecule has 0 saturated heterocycles. The fourth-order valence-corrected chi connectivity index (χ4v) is 0.738. The number of halogens is 2. The molecule has 0 N–H and O–H groups in total. The zero-order valence-electron chi connectivity index (χ0n) is 5.38. The highest BCUT2D eigenvalue weighted by Gasteiger charge is 2.02. The van der Waals surface area contributed by atoms with Crippen LogP contribution in [0.5, 0.6) is 0 Å². The summed E-state index contributed by atoms with van der Waals surface area (Å²) >= 11 is 11.2. The fourth-order valence-electron chi connectivity index (χ4n) is 0.528. The van der Waals surface area contributed by atoms with Crippen LogP contribution in [0.25, 0.3) is 0 Å². The SMILES string of the molecule is CC(Cl)c1ncc(Cl)cn1. The van der Waals surface area contributed by atoms with Gasteiger partial charge in [-0.25, -0.2) is 9.97 Å². The van der Waals surface area contributed by atoms with Gasteiger partial charge in [-0.3, -0.25) is 0 Å². The van der Waals surface area contributed by atoms with Gasteiger partial charge in [-0.2, -0.15) is 0 Å². The summed E-state index contributed by atoms with van der Waals surface area (Å²) in [5, 5.41) is 0.373. The third-order valence-corrected chi connectivity index (χ3v) is 1.39. The van der Waals surface area contributed by atoms with Gasteiger partial charge < -0.3 is 0 Å². The van der Waals surface area contributed by atoms with Gasteiger partial charge >= 0.3 is 0 Å². The second kappa shape index (κ2) is 3.17. The largest absolute Gasteiger partial charge is 0.238 e.